The van der Waals surface area contributed by atoms with Gasteiger partial charge in [-0.05, 0) is 32.7 Å². The van der Waals surface area contributed by atoms with E-state index in [4.69, 9.17) is 0 Å². The second-order valence-corrected chi connectivity index (χ2v) is 6.35. The third-order valence-electron chi connectivity index (χ3n) is 2.67. The molecule has 0 aromatic heterocycles. The molecular formula is C11H25NO2S. The Labute approximate surface area is 94.6 Å². The molecule has 0 heterocycles. The van der Waals surface area contributed by atoms with Crippen LogP contribution in [0, 0.1) is 0 Å². The van der Waals surface area contributed by atoms with Crippen LogP contribution < -0.4 is 5.32 Å². The van der Waals surface area contributed by atoms with Crippen molar-refractivity contribution in [1.82, 2.24) is 5.32 Å². The lowest BCUT2D eigenvalue weighted by Gasteiger charge is -2.12. The van der Waals surface area contributed by atoms with Gasteiger partial charge in [-0.3, -0.25) is 0 Å². The predicted octanol–water partition coefficient (Wildman–Crippen LogP) is 1.98. The molecule has 0 saturated heterocycles. The van der Waals surface area contributed by atoms with E-state index in [9.17, 15) is 8.42 Å². The Morgan fingerprint density at radius 2 is 1.80 bits per heavy atom. The summed E-state index contributed by atoms with van der Waals surface area (Å²) >= 11 is 0. The number of hydrogen-bond acceptors (Lipinski definition) is 3. The van der Waals surface area contributed by atoms with Gasteiger partial charge in [-0.2, -0.15) is 0 Å². The first kappa shape index (κ1) is 14.9. The highest BCUT2D eigenvalue weighted by atomic mass is 32.2. The number of unbranched alkanes of at least 4 members (excludes halogenated alkanes) is 1. The summed E-state index contributed by atoms with van der Waals surface area (Å²) in [6.07, 6.45) is 4.73. The largest absolute Gasteiger partial charge is 0.317 e. The van der Waals surface area contributed by atoms with E-state index in [1.165, 1.54) is 0 Å². The molecule has 15 heavy (non-hydrogen) atoms. The summed E-state index contributed by atoms with van der Waals surface area (Å²) in [5.74, 6) is 0.706. The van der Waals surface area contributed by atoms with Gasteiger partial charge in [0.25, 0.3) is 0 Å². The Kier molecular flexibility index (Phi) is 8.06. The molecule has 0 aliphatic carbocycles. The maximum absolute atomic E-state index is 11.4. The summed E-state index contributed by atoms with van der Waals surface area (Å²) in [7, 11) is -0.803. The first-order valence-corrected chi connectivity index (χ1v) is 7.75. The van der Waals surface area contributed by atoms with Crippen LogP contribution in [0.4, 0.5) is 0 Å². The second kappa shape index (κ2) is 8.11. The van der Waals surface area contributed by atoms with Crippen LogP contribution in [0.15, 0.2) is 0 Å². The molecule has 3 nitrogen and oxygen atoms in total. The van der Waals surface area contributed by atoms with Crippen molar-refractivity contribution in [2.75, 3.05) is 18.6 Å². The van der Waals surface area contributed by atoms with E-state index >= 15 is 0 Å². The Balaban J connectivity index is 3.62. The standard InChI is InChI=1S/C11H25NO2S/c1-4-9-15(13,14)10-7-6-8-11(5-2)12-3/h11-12H,4-10H2,1-3H3. The third-order valence-corrected chi connectivity index (χ3v) is 4.62. The topological polar surface area (TPSA) is 46.2 Å². The van der Waals surface area contributed by atoms with Crippen LogP contribution in [0.25, 0.3) is 0 Å². The van der Waals surface area contributed by atoms with Gasteiger partial charge in [0.1, 0.15) is 9.84 Å². The highest BCUT2D eigenvalue weighted by molar-refractivity contribution is 7.91. The molecule has 92 valence electrons. The molecule has 4 heteroatoms. The van der Waals surface area contributed by atoms with Crippen LogP contribution in [0.2, 0.25) is 0 Å². The van der Waals surface area contributed by atoms with Gasteiger partial charge in [0.2, 0.25) is 0 Å². The third kappa shape index (κ3) is 7.79. The summed E-state index contributed by atoms with van der Waals surface area (Å²) < 4.78 is 22.8. The zero-order chi connectivity index (χ0) is 11.7. The van der Waals surface area contributed by atoms with Crippen LogP contribution >= 0.6 is 0 Å². The van der Waals surface area contributed by atoms with Crippen molar-refractivity contribution in [2.24, 2.45) is 0 Å². The first-order valence-electron chi connectivity index (χ1n) is 5.93. The molecule has 0 fully saturated rings. The molecule has 0 amide bonds. The molecule has 1 unspecified atom stereocenters. The Hall–Kier alpha value is -0.0900. The normalized spacial score (nSPS) is 14.1. The molecule has 0 radical (unpaired) electrons. The molecule has 0 bridgehead atoms. The van der Waals surface area contributed by atoms with Crippen LogP contribution in [0.5, 0.6) is 0 Å². The number of rotatable bonds is 9. The Morgan fingerprint density at radius 3 is 2.27 bits per heavy atom. The molecule has 1 N–H and O–H groups in total. The quantitative estimate of drug-likeness (QED) is 0.622. The van der Waals surface area contributed by atoms with Gasteiger partial charge in [-0.25, -0.2) is 8.42 Å². The number of nitrogens with one attached hydrogen (secondary N) is 1. The van der Waals surface area contributed by atoms with Crippen molar-refractivity contribution in [3.63, 3.8) is 0 Å². The zero-order valence-corrected chi connectivity index (χ0v) is 11.1. The molecule has 0 rings (SSSR count). The van der Waals surface area contributed by atoms with Crippen LogP contribution in [-0.4, -0.2) is 33.0 Å². The van der Waals surface area contributed by atoms with Crippen molar-refractivity contribution in [2.45, 2.75) is 52.0 Å². The summed E-state index contributed by atoms with van der Waals surface area (Å²) in [4.78, 5) is 0. The van der Waals surface area contributed by atoms with E-state index in [0.29, 0.717) is 17.5 Å². The summed E-state index contributed by atoms with van der Waals surface area (Å²) in [5.41, 5.74) is 0. The minimum absolute atomic E-state index is 0.343. The average molecular weight is 235 g/mol. The minimum Gasteiger partial charge on any atom is -0.317 e. The van der Waals surface area contributed by atoms with Crippen molar-refractivity contribution in [3.05, 3.63) is 0 Å². The molecule has 0 aliphatic rings. The van der Waals surface area contributed by atoms with Crippen molar-refractivity contribution in [3.8, 4) is 0 Å². The lowest BCUT2D eigenvalue weighted by atomic mass is 10.1. The average Bonchev–Trinajstić information content (AvgIpc) is 2.18. The predicted molar refractivity (Wildman–Crippen MR) is 65.9 cm³/mol. The van der Waals surface area contributed by atoms with Crippen molar-refractivity contribution in [1.29, 1.82) is 0 Å². The highest BCUT2D eigenvalue weighted by Gasteiger charge is 2.09. The lowest BCUT2D eigenvalue weighted by Crippen LogP contribution is -2.24. The Bertz CT molecular complexity index is 233. The number of sulfone groups is 1. The van der Waals surface area contributed by atoms with Gasteiger partial charge in [-0.15, -0.1) is 0 Å². The minimum atomic E-state index is -2.76. The Morgan fingerprint density at radius 1 is 1.13 bits per heavy atom. The van der Waals surface area contributed by atoms with Gasteiger partial charge in [0, 0.05) is 11.8 Å². The molecule has 0 aromatic carbocycles. The van der Waals surface area contributed by atoms with E-state index in [-0.39, 0.29) is 0 Å². The lowest BCUT2D eigenvalue weighted by molar-refractivity contribution is 0.487. The summed E-state index contributed by atoms with van der Waals surface area (Å²) in [5, 5.41) is 3.23. The van der Waals surface area contributed by atoms with Gasteiger partial charge in [0.15, 0.2) is 0 Å². The van der Waals surface area contributed by atoms with Crippen LogP contribution in [-0.2, 0) is 9.84 Å². The van der Waals surface area contributed by atoms with Crippen LogP contribution in [0.1, 0.15) is 46.0 Å². The van der Waals surface area contributed by atoms with E-state index < -0.39 is 9.84 Å². The fourth-order valence-electron chi connectivity index (χ4n) is 1.68. The summed E-state index contributed by atoms with van der Waals surface area (Å²) in [6, 6.07) is 0.541. The smallest absolute Gasteiger partial charge is 0.150 e. The van der Waals surface area contributed by atoms with Gasteiger partial charge in [0.05, 0.1) is 5.75 Å². The van der Waals surface area contributed by atoms with Gasteiger partial charge >= 0.3 is 0 Å². The van der Waals surface area contributed by atoms with E-state index in [2.05, 4.69) is 12.2 Å². The molecule has 0 aliphatic heterocycles. The SMILES string of the molecule is CCCS(=O)(=O)CCCCC(CC)NC. The maximum Gasteiger partial charge on any atom is 0.150 e. The molecule has 0 spiro atoms. The van der Waals surface area contributed by atoms with E-state index in [1.54, 1.807) is 0 Å². The highest BCUT2D eigenvalue weighted by Crippen LogP contribution is 2.06. The molecular weight excluding hydrogens is 210 g/mol. The molecule has 1 atom stereocenters. The van der Waals surface area contributed by atoms with Crippen LogP contribution in [0.3, 0.4) is 0 Å². The first-order chi connectivity index (χ1) is 7.05. The van der Waals surface area contributed by atoms with Gasteiger partial charge in [-0.1, -0.05) is 20.3 Å². The van der Waals surface area contributed by atoms with E-state index in [0.717, 1.165) is 32.1 Å². The molecule has 0 saturated carbocycles. The van der Waals surface area contributed by atoms with Crippen molar-refractivity contribution < 1.29 is 8.42 Å². The summed E-state index contributed by atoms with van der Waals surface area (Å²) in [6.45, 7) is 4.06. The fraction of sp³-hybridized carbons (Fsp3) is 1.00. The van der Waals surface area contributed by atoms with Crippen molar-refractivity contribution >= 4 is 9.84 Å². The maximum atomic E-state index is 11.4. The molecule has 0 aromatic rings. The number of hydrogen-bond donors (Lipinski definition) is 1. The zero-order valence-electron chi connectivity index (χ0n) is 10.3. The van der Waals surface area contributed by atoms with E-state index in [1.807, 2.05) is 14.0 Å². The van der Waals surface area contributed by atoms with Gasteiger partial charge < -0.3 is 5.32 Å². The second-order valence-electron chi connectivity index (χ2n) is 4.04. The fourth-order valence-corrected chi connectivity index (χ4v) is 3.15. The monoisotopic (exact) mass is 235 g/mol.